The predicted molar refractivity (Wildman–Crippen MR) is 104 cm³/mol. The van der Waals surface area contributed by atoms with E-state index in [0.29, 0.717) is 6.10 Å². The van der Waals surface area contributed by atoms with Gasteiger partial charge in [0.05, 0.1) is 12.6 Å². The Morgan fingerprint density at radius 2 is 2.04 bits per heavy atom. The van der Waals surface area contributed by atoms with Gasteiger partial charge in [0.2, 0.25) is 0 Å². The molecule has 2 rings (SSSR count). The molecule has 0 unspecified atom stereocenters. The van der Waals surface area contributed by atoms with Crippen LogP contribution in [0.3, 0.4) is 0 Å². The minimum Gasteiger partial charge on any atom is -0.378 e. The molecule has 1 fully saturated rings. The van der Waals surface area contributed by atoms with Crippen LogP contribution >= 0.6 is 11.3 Å². The van der Waals surface area contributed by atoms with E-state index in [4.69, 9.17) is 4.74 Å². The fraction of sp³-hybridized carbons (Fsp3) is 0.737. The first-order valence-corrected chi connectivity index (χ1v) is 10.5. The molecule has 0 aromatic carbocycles. The second-order valence-corrected chi connectivity index (χ2v) is 7.23. The summed E-state index contributed by atoms with van der Waals surface area (Å²) in [7, 11) is 0. The molecule has 0 atom stereocenters. The Morgan fingerprint density at radius 1 is 1.21 bits per heavy atom. The van der Waals surface area contributed by atoms with Crippen molar-refractivity contribution in [2.24, 2.45) is 4.99 Å². The van der Waals surface area contributed by atoms with Crippen LogP contribution in [0.1, 0.15) is 63.9 Å². The van der Waals surface area contributed by atoms with Crippen LogP contribution in [-0.2, 0) is 11.3 Å². The minimum atomic E-state index is 0.518. The molecule has 1 heterocycles. The van der Waals surface area contributed by atoms with Crippen LogP contribution in [0.25, 0.3) is 0 Å². The van der Waals surface area contributed by atoms with E-state index in [-0.39, 0.29) is 0 Å². The average molecular weight is 352 g/mol. The quantitative estimate of drug-likeness (QED) is 0.301. The molecule has 24 heavy (non-hydrogen) atoms. The lowest BCUT2D eigenvalue weighted by molar-refractivity contribution is 0.0411. The molecule has 5 heteroatoms. The molecule has 1 aliphatic rings. The number of hydrogen-bond donors (Lipinski definition) is 2. The Labute approximate surface area is 151 Å². The molecule has 0 spiro atoms. The summed E-state index contributed by atoms with van der Waals surface area (Å²) in [6.45, 7) is 5.57. The second kappa shape index (κ2) is 12.3. The van der Waals surface area contributed by atoms with E-state index in [1.807, 2.05) is 0 Å². The maximum atomic E-state index is 6.04. The lowest BCUT2D eigenvalue weighted by atomic mass is 10.1. The molecule has 0 saturated heterocycles. The number of aliphatic imine (C=N–C) groups is 1. The smallest absolute Gasteiger partial charge is 0.191 e. The summed E-state index contributed by atoms with van der Waals surface area (Å²) >= 11 is 1.72. The summed E-state index contributed by atoms with van der Waals surface area (Å²) in [5.41, 5.74) is 1.27. The molecule has 0 radical (unpaired) electrons. The summed E-state index contributed by atoms with van der Waals surface area (Å²) in [5.74, 6) is 0.911. The van der Waals surface area contributed by atoms with Crippen molar-refractivity contribution in [1.82, 2.24) is 10.6 Å². The summed E-state index contributed by atoms with van der Waals surface area (Å²) in [6, 6.07) is 2.13. The Hall–Kier alpha value is -1.07. The molecule has 1 aromatic rings. The van der Waals surface area contributed by atoms with Crippen LogP contribution in [-0.4, -0.2) is 31.8 Å². The van der Waals surface area contributed by atoms with Gasteiger partial charge >= 0.3 is 0 Å². The zero-order valence-electron chi connectivity index (χ0n) is 15.1. The van der Waals surface area contributed by atoms with Crippen LogP contribution in [0, 0.1) is 0 Å². The first kappa shape index (κ1) is 19.3. The van der Waals surface area contributed by atoms with Crippen LogP contribution in [0.15, 0.2) is 21.8 Å². The fourth-order valence-electron chi connectivity index (χ4n) is 2.99. The maximum absolute atomic E-state index is 6.04. The topological polar surface area (TPSA) is 45.7 Å². The molecule has 0 amide bonds. The molecule has 1 aliphatic carbocycles. The van der Waals surface area contributed by atoms with Crippen molar-refractivity contribution in [1.29, 1.82) is 0 Å². The lowest BCUT2D eigenvalue weighted by Crippen LogP contribution is -2.37. The summed E-state index contributed by atoms with van der Waals surface area (Å²) in [5, 5.41) is 11.0. The van der Waals surface area contributed by atoms with Gasteiger partial charge in [0.15, 0.2) is 5.96 Å². The standard InChI is InChI=1S/C19H33N3OS/c1-2-20-19(22-15-17-11-14-24-16-17)21-12-7-8-13-23-18-9-5-3-4-6-10-18/h11,14,16,18H,2-10,12-13,15H2,1H3,(H2,20,21,22). The van der Waals surface area contributed by atoms with Gasteiger partial charge < -0.3 is 15.4 Å². The van der Waals surface area contributed by atoms with Gasteiger partial charge in [-0.05, 0) is 55.0 Å². The molecule has 4 nitrogen and oxygen atoms in total. The van der Waals surface area contributed by atoms with Gasteiger partial charge in [-0.2, -0.15) is 11.3 Å². The van der Waals surface area contributed by atoms with Crippen LogP contribution < -0.4 is 10.6 Å². The third kappa shape index (κ3) is 8.15. The molecular formula is C19H33N3OS. The zero-order chi connectivity index (χ0) is 16.9. The fourth-order valence-corrected chi connectivity index (χ4v) is 3.65. The molecule has 0 aliphatic heterocycles. The van der Waals surface area contributed by atoms with E-state index < -0.39 is 0 Å². The van der Waals surface area contributed by atoms with Gasteiger partial charge in [-0.3, -0.25) is 0 Å². The molecule has 1 aromatic heterocycles. The number of hydrogen-bond acceptors (Lipinski definition) is 3. The van der Waals surface area contributed by atoms with Crippen LogP contribution in [0.5, 0.6) is 0 Å². The maximum Gasteiger partial charge on any atom is 0.191 e. The van der Waals surface area contributed by atoms with Crippen LogP contribution in [0.2, 0.25) is 0 Å². The molecule has 0 bridgehead atoms. The van der Waals surface area contributed by atoms with E-state index >= 15 is 0 Å². The predicted octanol–water partition coefficient (Wildman–Crippen LogP) is 4.32. The van der Waals surface area contributed by atoms with E-state index in [9.17, 15) is 0 Å². The van der Waals surface area contributed by atoms with Gasteiger partial charge in [-0.15, -0.1) is 0 Å². The van der Waals surface area contributed by atoms with Gasteiger partial charge in [-0.25, -0.2) is 4.99 Å². The zero-order valence-corrected chi connectivity index (χ0v) is 15.9. The molecule has 2 N–H and O–H groups in total. The van der Waals surface area contributed by atoms with Gasteiger partial charge in [0.25, 0.3) is 0 Å². The lowest BCUT2D eigenvalue weighted by Gasteiger charge is -2.15. The van der Waals surface area contributed by atoms with E-state index in [1.165, 1.54) is 44.1 Å². The Morgan fingerprint density at radius 3 is 2.75 bits per heavy atom. The number of rotatable bonds is 9. The Balaban J connectivity index is 1.56. The van der Waals surface area contributed by atoms with Crippen molar-refractivity contribution in [2.75, 3.05) is 19.7 Å². The average Bonchev–Trinajstić information content (AvgIpc) is 2.98. The van der Waals surface area contributed by atoms with Crippen LogP contribution in [0.4, 0.5) is 0 Å². The summed E-state index contributed by atoms with van der Waals surface area (Å²) in [6.07, 6.45) is 10.8. The Kier molecular flexibility index (Phi) is 9.88. The van der Waals surface area contributed by atoms with Gasteiger partial charge in [0.1, 0.15) is 0 Å². The molecule has 136 valence electrons. The number of ether oxygens (including phenoxy) is 1. The normalized spacial score (nSPS) is 16.8. The minimum absolute atomic E-state index is 0.518. The number of unbranched alkanes of at least 4 members (excludes halogenated alkanes) is 1. The Bertz CT molecular complexity index is 439. The third-order valence-corrected chi connectivity index (χ3v) is 5.10. The van der Waals surface area contributed by atoms with Crippen molar-refractivity contribution >= 4 is 17.3 Å². The van der Waals surface area contributed by atoms with E-state index in [2.05, 4.69) is 39.4 Å². The van der Waals surface area contributed by atoms with E-state index in [1.54, 1.807) is 11.3 Å². The van der Waals surface area contributed by atoms with Gasteiger partial charge in [-0.1, -0.05) is 25.7 Å². The summed E-state index contributed by atoms with van der Waals surface area (Å²) in [4.78, 5) is 4.63. The number of nitrogens with zero attached hydrogens (tertiary/aromatic N) is 1. The van der Waals surface area contributed by atoms with Crippen molar-refractivity contribution < 1.29 is 4.74 Å². The van der Waals surface area contributed by atoms with E-state index in [0.717, 1.165) is 45.0 Å². The van der Waals surface area contributed by atoms with Crippen molar-refractivity contribution in [3.8, 4) is 0 Å². The third-order valence-electron chi connectivity index (χ3n) is 4.36. The second-order valence-electron chi connectivity index (χ2n) is 6.45. The highest BCUT2D eigenvalue weighted by Crippen LogP contribution is 2.19. The molecular weight excluding hydrogens is 318 g/mol. The summed E-state index contributed by atoms with van der Waals surface area (Å²) < 4.78 is 6.04. The molecule has 1 saturated carbocycles. The SMILES string of the molecule is CCNC(=NCc1ccsc1)NCCCCOC1CCCCCC1. The number of nitrogens with one attached hydrogen (secondary N) is 2. The number of guanidine groups is 1. The highest BCUT2D eigenvalue weighted by atomic mass is 32.1. The highest BCUT2D eigenvalue weighted by Gasteiger charge is 2.11. The van der Waals surface area contributed by atoms with Crippen molar-refractivity contribution in [3.05, 3.63) is 22.4 Å². The first-order chi connectivity index (χ1) is 11.9. The first-order valence-electron chi connectivity index (χ1n) is 9.53. The van der Waals surface area contributed by atoms with Crippen molar-refractivity contribution in [3.63, 3.8) is 0 Å². The largest absolute Gasteiger partial charge is 0.378 e. The number of thiophene rings is 1. The van der Waals surface area contributed by atoms with Crippen molar-refractivity contribution in [2.45, 2.75) is 70.9 Å². The van der Waals surface area contributed by atoms with Gasteiger partial charge in [0, 0.05) is 19.7 Å². The monoisotopic (exact) mass is 351 g/mol. The highest BCUT2D eigenvalue weighted by molar-refractivity contribution is 7.07.